The summed E-state index contributed by atoms with van der Waals surface area (Å²) in [5, 5.41) is 3.23. The molecular formula is C16H25N3O2. The molecule has 0 aromatic heterocycles. The van der Waals surface area contributed by atoms with Crippen LogP contribution < -0.4 is 15.8 Å². The lowest BCUT2D eigenvalue weighted by Gasteiger charge is -2.17. The second-order valence-electron chi connectivity index (χ2n) is 5.65. The highest BCUT2D eigenvalue weighted by Crippen LogP contribution is 2.30. The third kappa shape index (κ3) is 4.28. The summed E-state index contributed by atoms with van der Waals surface area (Å²) < 4.78 is 5.65. The Morgan fingerprint density at radius 3 is 2.76 bits per heavy atom. The maximum Gasteiger partial charge on any atom is 0.224 e. The molecule has 1 saturated heterocycles. The maximum absolute atomic E-state index is 12.0. The van der Waals surface area contributed by atoms with Gasteiger partial charge in [0.25, 0.3) is 0 Å². The van der Waals surface area contributed by atoms with Gasteiger partial charge in [-0.25, -0.2) is 0 Å². The van der Waals surface area contributed by atoms with Gasteiger partial charge in [0, 0.05) is 26.1 Å². The number of nitrogens with one attached hydrogen (secondary N) is 1. The number of nitrogens with zero attached hydrogens (tertiary/aromatic N) is 1. The van der Waals surface area contributed by atoms with E-state index >= 15 is 0 Å². The Balaban J connectivity index is 1.86. The number of anilines is 2. The van der Waals surface area contributed by atoms with Crippen molar-refractivity contribution in [1.29, 1.82) is 0 Å². The molecule has 2 rings (SSSR count). The lowest BCUT2D eigenvalue weighted by atomic mass is 10.2. The molecule has 1 aliphatic heterocycles. The minimum absolute atomic E-state index is 0.0827. The first kappa shape index (κ1) is 15.5. The predicted molar refractivity (Wildman–Crippen MR) is 85.5 cm³/mol. The van der Waals surface area contributed by atoms with Crippen molar-refractivity contribution in [2.24, 2.45) is 0 Å². The third-order valence-corrected chi connectivity index (χ3v) is 3.54. The number of para-hydroxylation sites is 1. The minimum Gasteiger partial charge on any atom is -0.489 e. The Kier molecular flexibility index (Phi) is 5.31. The fourth-order valence-corrected chi connectivity index (χ4v) is 2.48. The summed E-state index contributed by atoms with van der Waals surface area (Å²) in [6.07, 6.45) is 2.83. The number of rotatable bonds is 6. The van der Waals surface area contributed by atoms with E-state index in [1.165, 1.54) is 0 Å². The molecule has 0 bridgehead atoms. The number of benzene rings is 1. The van der Waals surface area contributed by atoms with Crippen LogP contribution in [0.3, 0.4) is 0 Å². The van der Waals surface area contributed by atoms with Gasteiger partial charge in [-0.3, -0.25) is 4.79 Å². The molecule has 21 heavy (non-hydrogen) atoms. The Morgan fingerprint density at radius 1 is 1.38 bits per heavy atom. The summed E-state index contributed by atoms with van der Waals surface area (Å²) in [6.45, 7) is 6.32. The molecule has 5 heteroatoms. The van der Waals surface area contributed by atoms with Crippen LogP contribution in [0, 0.1) is 0 Å². The minimum atomic E-state index is 0.0827. The number of amides is 1. The number of hydrogen-bond donors (Lipinski definition) is 2. The number of nitrogen functional groups attached to an aromatic ring is 1. The van der Waals surface area contributed by atoms with Gasteiger partial charge in [0.2, 0.25) is 5.91 Å². The molecule has 116 valence electrons. The van der Waals surface area contributed by atoms with Gasteiger partial charge >= 0.3 is 0 Å². The normalized spacial score (nSPS) is 14.5. The van der Waals surface area contributed by atoms with E-state index in [2.05, 4.69) is 5.32 Å². The highest BCUT2D eigenvalue weighted by molar-refractivity contribution is 5.78. The summed E-state index contributed by atoms with van der Waals surface area (Å²) in [5.74, 6) is 0.897. The van der Waals surface area contributed by atoms with E-state index in [0.717, 1.165) is 31.6 Å². The van der Waals surface area contributed by atoms with Crippen molar-refractivity contribution >= 4 is 17.3 Å². The molecule has 1 heterocycles. The average molecular weight is 291 g/mol. The number of hydrogen-bond acceptors (Lipinski definition) is 4. The van der Waals surface area contributed by atoms with Crippen LogP contribution in [0.15, 0.2) is 18.2 Å². The lowest BCUT2D eigenvalue weighted by Crippen LogP contribution is -2.29. The van der Waals surface area contributed by atoms with Crippen molar-refractivity contribution in [2.75, 3.05) is 30.7 Å². The molecule has 1 aromatic carbocycles. The molecule has 0 atom stereocenters. The lowest BCUT2D eigenvalue weighted by molar-refractivity contribution is -0.129. The first-order valence-electron chi connectivity index (χ1n) is 7.64. The van der Waals surface area contributed by atoms with Crippen LogP contribution in [0.1, 0.15) is 33.1 Å². The molecule has 0 aliphatic carbocycles. The summed E-state index contributed by atoms with van der Waals surface area (Å²) in [4.78, 5) is 13.9. The van der Waals surface area contributed by atoms with Gasteiger partial charge in [-0.1, -0.05) is 6.07 Å². The molecule has 3 N–H and O–H groups in total. The molecule has 5 nitrogen and oxygen atoms in total. The first-order chi connectivity index (χ1) is 10.1. The molecular weight excluding hydrogens is 266 g/mol. The van der Waals surface area contributed by atoms with E-state index in [9.17, 15) is 4.79 Å². The van der Waals surface area contributed by atoms with Gasteiger partial charge in [-0.15, -0.1) is 0 Å². The van der Waals surface area contributed by atoms with Crippen molar-refractivity contribution in [2.45, 2.75) is 39.2 Å². The van der Waals surface area contributed by atoms with Crippen LogP contribution in [0.2, 0.25) is 0 Å². The molecule has 1 fully saturated rings. The second-order valence-corrected chi connectivity index (χ2v) is 5.65. The standard InChI is InChI=1S/C16H25N3O2/c1-12(2)21-14-7-5-6-13(16(14)17)18-9-8-15(20)19-10-3-4-11-19/h5-7,12,18H,3-4,8-11,17H2,1-2H3. The predicted octanol–water partition coefficient (Wildman–Crippen LogP) is 2.48. The zero-order valence-electron chi connectivity index (χ0n) is 12.9. The highest BCUT2D eigenvalue weighted by atomic mass is 16.5. The van der Waals surface area contributed by atoms with Crippen molar-refractivity contribution in [1.82, 2.24) is 4.90 Å². The molecule has 0 spiro atoms. The summed E-state index contributed by atoms with van der Waals surface area (Å²) in [7, 11) is 0. The molecule has 0 radical (unpaired) electrons. The van der Waals surface area contributed by atoms with Crippen molar-refractivity contribution in [3.05, 3.63) is 18.2 Å². The van der Waals surface area contributed by atoms with Crippen LogP contribution in [0.5, 0.6) is 5.75 Å². The Bertz CT molecular complexity index is 482. The second kappa shape index (κ2) is 7.20. The van der Waals surface area contributed by atoms with Gasteiger partial charge in [0.15, 0.2) is 0 Å². The van der Waals surface area contributed by atoms with Crippen LogP contribution in [-0.4, -0.2) is 36.5 Å². The van der Waals surface area contributed by atoms with Gasteiger partial charge in [0.05, 0.1) is 17.5 Å². The van der Waals surface area contributed by atoms with E-state index in [1.807, 2.05) is 36.9 Å². The van der Waals surface area contributed by atoms with E-state index in [0.29, 0.717) is 24.4 Å². The molecule has 0 unspecified atom stereocenters. The first-order valence-corrected chi connectivity index (χ1v) is 7.64. The number of carbonyl (C=O) groups is 1. The maximum atomic E-state index is 12.0. The van der Waals surface area contributed by atoms with Crippen molar-refractivity contribution in [3.8, 4) is 5.75 Å². The number of ether oxygens (including phenoxy) is 1. The zero-order chi connectivity index (χ0) is 15.2. The summed E-state index contributed by atoms with van der Waals surface area (Å²) in [6, 6.07) is 5.66. The van der Waals surface area contributed by atoms with Crippen LogP contribution in [0.25, 0.3) is 0 Å². The highest BCUT2D eigenvalue weighted by Gasteiger charge is 2.17. The molecule has 0 saturated carbocycles. The zero-order valence-corrected chi connectivity index (χ0v) is 12.9. The van der Waals surface area contributed by atoms with E-state index in [-0.39, 0.29) is 12.0 Å². The van der Waals surface area contributed by atoms with E-state index in [1.54, 1.807) is 0 Å². The molecule has 1 aromatic rings. The monoisotopic (exact) mass is 291 g/mol. The van der Waals surface area contributed by atoms with Crippen molar-refractivity contribution in [3.63, 3.8) is 0 Å². The molecule has 1 aliphatic rings. The number of carbonyl (C=O) groups excluding carboxylic acids is 1. The summed E-state index contributed by atoms with van der Waals surface area (Å²) >= 11 is 0. The Labute approximate surface area is 126 Å². The number of likely N-dealkylation sites (tertiary alicyclic amines) is 1. The van der Waals surface area contributed by atoms with Gasteiger partial charge in [-0.05, 0) is 38.8 Å². The van der Waals surface area contributed by atoms with Crippen molar-refractivity contribution < 1.29 is 9.53 Å². The third-order valence-electron chi connectivity index (χ3n) is 3.54. The fraction of sp³-hybridized carbons (Fsp3) is 0.562. The SMILES string of the molecule is CC(C)Oc1cccc(NCCC(=O)N2CCCC2)c1N. The van der Waals surface area contributed by atoms with Gasteiger partial charge < -0.3 is 20.7 Å². The quantitative estimate of drug-likeness (QED) is 0.790. The molecule has 1 amide bonds. The van der Waals surface area contributed by atoms with Crippen LogP contribution >= 0.6 is 0 Å². The van der Waals surface area contributed by atoms with Crippen LogP contribution in [-0.2, 0) is 4.79 Å². The smallest absolute Gasteiger partial charge is 0.224 e. The average Bonchev–Trinajstić information content (AvgIpc) is 2.96. The van der Waals surface area contributed by atoms with E-state index < -0.39 is 0 Å². The van der Waals surface area contributed by atoms with Gasteiger partial charge in [-0.2, -0.15) is 0 Å². The fourth-order valence-electron chi connectivity index (χ4n) is 2.48. The van der Waals surface area contributed by atoms with Gasteiger partial charge in [0.1, 0.15) is 5.75 Å². The topological polar surface area (TPSA) is 67.6 Å². The number of nitrogens with two attached hydrogens (primary N) is 1. The largest absolute Gasteiger partial charge is 0.489 e. The Hall–Kier alpha value is -1.91. The van der Waals surface area contributed by atoms with E-state index in [4.69, 9.17) is 10.5 Å². The summed E-state index contributed by atoms with van der Waals surface area (Å²) in [5.41, 5.74) is 7.51. The Morgan fingerprint density at radius 2 is 2.10 bits per heavy atom. The van der Waals surface area contributed by atoms with Crippen LogP contribution in [0.4, 0.5) is 11.4 Å².